The number of rotatable bonds is 5. The number of hydrogen-bond donors (Lipinski definition) is 2. The zero-order chi connectivity index (χ0) is 22.5. The van der Waals surface area contributed by atoms with E-state index in [0.717, 1.165) is 42.6 Å². The largest absolute Gasteiger partial charge is 0.485 e. The van der Waals surface area contributed by atoms with Crippen LogP contribution < -0.4 is 15.4 Å². The molecule has 1 saturated carbocycles. The van der Waals surface area contributed by atoms with E-state index < -0.39 is 0 Å². The van der Waals surface area contributed by atoms with Gasteiger partial charge in [-0.3, -0.25) is 9.59 Å². The Balaban J connectivity index is 1.61. The van der Waals surface area contributed by atoms with E-state index in [1.165, 1.54) is 6.42 Å². The van der Waals surface area contributed by atoms with Gasteiger partial charge in [0.2, 0.25) is 0 Å². The van der Waals surface area contributed by atoms with Crippen LogP contribution in [0.1, 0.15) is 54.9 Å². The number of halogens is 1. The van der Waals surface area contributed by atoms with Crippen LogP contribution in [0.4, 0.5) is 0 Å². The second-order valence-electron chi connectivity index (χ2n) is 8.27. The van der Waals surface area contributed by atoms with Gasteiger partial charge < -0.3 is 15.4 Å². The highest BCUT2D eigenvalue weighted by atomic mass is 35.5. The molecule has 1 heterocycles. The summed E-state index contributed by atoms with van der Waals surface area (Å²) in [6.45, 7) is 1.93. The second kappa shape index (κ2) is 10.0. The summed E-state index contributed by atoms with van der Waals surface area (Å²) >= 11 is 5.94. The fourth-order valence-electron chi connectivity index (χ4n) is 4.05. The predicted octanol–water partition coefficient (Wildman–Crippen LogP) is 5.27. The first kappa shape index (κ1) is 22.2. The van der Waals surface area contributed by atoms with Crippen molar-refractivity contribution in [1.29, 1.82) is 0 Å². The molecule has 0 spiro atoms. The Kier molecular flexibility index (Phi) is 6.96. The van der Waals surface area contributed by atoms with Gasteiger partial charge in [0.05, 0.1) is 0 Å². The van der Waals surface area contributed by atoms with E-state index in [1.807, 2.05) is 37.3 Å². The smallest absolute Gasteiger partial charge is 0.268 e. The normalized spacial score (nSPS) is 18.8. The van der Waals surface area contributed by atoms with Crippen molar-refractivity contribution in [2.75, 3.05) is 0 Å². The first-order chi connectivity index (χ1) is 15.5. The number of carbonyl (C=O) groups is 2. The topological polar surface area (TPSA) is 67.4 Å². The van der Waals surface area contributed by atoms with Crippen molar-refractivity contribution in [3.63, 3.8) is 0 Å². The summed E-state index contributed by atoms with van der Waals surface area (Å²) in [6, 6.07) is 14.4. The number of hydrogen-bond acceptors (Lipinski definition) is 3. The Bertz CT molecular complexity index is 1050. The molecule has 0 unspecified atom stereocenters. The molecule has 2 aromatic rings. The Morgan fingerprint density at radius 3 is 2.50 bits per heavy atom. The summed E-state index contributed by atoms with van der Waals surface area (Å²) in [7, 11) is 0. The molecule has 2 aliphatic rings. The van der Waals surface area contributed by atoms with Crippen LogP contribution in [-0.4, -0.2) is 24.0 Å². The number of ether oxygens (including phenoxy) is 1. The van der Waals surface area contributed by atoms with Gasteiger partial charge in [0, 0.05) is 22.2 Å². The number of nitrogens with one attached hydrogen (secondary N) is 2. The van der Waals surface area contributed by atoms with Crippen LogP contribution in [0.3, 0.4) is 0 Å². The summed E-state index contributed by atoms with van der Waals surface area (Å²) < 4.78 is 6.01. The maximum Gasteiger partial charge on any atom is 0.268 e. The van der Waals surface area contributed by atoms with Crippen LogP contribution in [0.25, 0.3) is 6.08 Å². The van der Waals surface area contributed by atoms with Gasteiger partial charge in [-0.25, -0.2) is 0 Å². The number of fused-ring (bicyclic) bond motifs is 1. The van der Waals surface area contributed by atoms with Crippen molar-refractivity contribution in [3.05, 3.63) is 82.0 Å². The van der Waals surface area contributed by atoms with Gasteiger partial charge >= 0.3 is 0 Å². The molecule has 1 aliphatic carbocycles. The highest BCUT2D eigenvalue weighted by Crippen LogP contribution is 2.30. The van der Waals surface area contributed by atoms with E-state index >= 15 is 0 Å². The molecule has 1 aliphatic heterocycles. The summed E-state index contributed by atoms with van der Waals surface area (Å²) in [5, 5.41) is 6.45. The Morgan fingerprint density at radius 1 is 1.03 bits per heavy atom. The molecule has 1 atom stereocenters. The minimum atomic E-state index is -0.364. The van der Waals surface area contributed by atoms with Crippen molar-refractivity contribution in [1.82, 2.24) is 10.6 Å². The average molecular weight is 451 g/mol. The fourth-order valence-corrected chi connectivity index (χ4v) is 4.18. The molecular formula is C26H27ClN2O3. The van der Waals surface area contributed by atoms with Crippen molar-refractivity contribution in [3.8, 4) is 5.75 Å². The maximum absolute atomic E-state index is 13.2. The third-order valence-corrected chi connectivity index (χ3v) is 6.12. The summed E-state index contributed by atoms with van der Waals surface area (Å²) in [6.07, 6.45) is 8.78. The second-order valence-corrected chi connectivity index (χ2v) is 8.71. The summed E-state index contributed by atoms with van der Waals surface area (Å²) in [5.41, 5.74) is 2.39. The third-order valence-electron chi connectivity index (χ3n) is 5.86. The van der Waals surface area contributed by atoms with E-state index in [1.54, 1.807) is 30.3 Å². The number of benzene rings is 2. The Labute approximate surface area is 193 Å². The van der Waals surface area contributed by atoms with Crippen molar-refractivity contribution >= 4 is 29.5 Å². The van der Waals surface area contributed by atoms with Gasteiger partial charge in [0.25, 0.3) is 11.8 Å². The molecule has 32 heavy (non-hydrogen) atoms. The molecule has 6 heteroatoms. The molecule has 166 valence electrons. The minimum Gasteiger partial charge on any atom is -0.485 e. The molecule has 1 fully saturated rings. The van der Waals surface area contributed by atoms with Crippen LogP contribution in [0.15, 0.2) is 65.9 Å². The van der Waals surface area contributed by atoms with Crippen LogP contribution in [-0.2, 0) is 4.79 Å². The van der Waals surface area contributed by atoms with Crippen LogP contribution >= 0.6 is 11.6 Å². The van der Waals surface area contributed by atoms with Gasteiger partial charge in [-0.15, -0.1) is 0 Å². The number of amides is 2. The van der Waals surface area contributed by atoms with Gasteiger partial charge in [-0.1, -0.05) is 49.1 Å². The standard InChI is InChI=1S/C26H27ClN2O3/c1-17-20(15-19-7-5-6-10-24(19)32-17)16-23(26(31)28-22-8-3-2-4-9-22)29-25(30)18-11-13-21(27)14-12-18/h5-7,10-17,22H,2-4,8-9H2,1H3,(H,28,31)(H,29,30)/b23-16-/t17-/m1/s1. The van der Waals surface area contributed by atoms with Crippen LogP contribution in [0.5, 0.6) is 5.75 Å². The first-order valence-corrected chi connectivity index (χ1v) is 11.4. The molecule has 2 amide bonds. The van der Waals surface area contributed by atoms with Gasteiger partial charge in [0.1, 0.15) is 17.6 Å². The van der Waals surface area contributed by atoms with E-state index in [4.69, 9.17) is 16.3 Å². The lowest BCUT2D eigenvalue weighted by molar-refractivity contribution is -0.118. The lowest BCUT2D eigenvalue weighted by Gasteiger charge is -2.25. The van der Waals surface area contributed by atoms with E-state index in [-0.39, 0.29) is 29.7 Å². The molecule has 2 N–H and O–H groups in total. The van der Waals surface area contributed by atoms with Gasteiger partial charge in [0.15, 0.2) is 0 Å². The van der Waals surface area contributed by atoms with E-state index in [0.29, 0.717) is 10.6 Å². The summed E-state index contributed by atoms with van der Waals surface area (Å²) in [5.74, 6) is 0.152. The van der Waals surface area contributed by atoms with Gasteiger partial charge in [-0.05, 0) is 67.8 Å². The average Bonchev–Trinajstić information content (AvgIpc) is 2.80. The first-order valence-electron chi connectivity index (χ1n) is 11.1. The van der Waals surface area contributed by atoms with Gasteiger partial charge in [-0.2, -0.15) is 0 Å². The monoisotopic (exact) mass is 450 g/mol. The lowest BCUT2D eigenvalue weighted by atomic mass is 9.95. The molecular weight excluding hydrogens is 424 g/mol. The maximum atomic E-state index is 13.2. The van der Waals surface area contributed by atoms with E-state index in [2.05, 4.69) is 10.6 Å². The zero-order valence-electron chi connectivity index (χ0n) is 18.1. The van der Waals surface area contributed by atoms with E-state index in [9.17, 15) is 9.59 Å². The summed E-state index contributed by atoms with van der Waals surface area (Å²) in [4.78, 5) is 26.0. The third kappa shape index (κ3) is 5.40. The molecule has 0 saturated heterocycles. The molecule has 0 aromatic heterocycles. The number of carbonyl (C=O) groups excluding carboxylic acids is 2. The highest BCUT2D eigenvalue weighted by Gasteiger charge is 2.23. The Hall–Kier alpha value is -3.05. The Morgan fingerprint density at radius 2 is 1.75 bits per heavy atom. The molecule has 5 nitrogen and oxygen atoms in total. The molecule has 2 aromatic carbocycles. The SMILES string of the molecule is C[C@H]1Oc2ccccc2C=C1/C=C(\NC(=O)c1ccc(Cl)cc1)C(=O)NC1CCCCC1. The predicted molar refractivity (Wildman–Crippen MR) is 127 cm³/mol. The molecule has 0 bridgehead atoms. The molecule has 4 rings (SSSR count). The zero-order valence-corrected chi connectivity index (χ0v) is 18.8. The van der Waals surface area contributed by atoms with Crippen LogP contribution in [0.2, 0.25) is 5.02 Å². The van der Waals surface area contributed by atoms with Crippen LogP contribution in [0, 0.1) is 0 Å². The van der Waals surface area contributed by atoms with Crippen molar-refractivity contribution < 1.29 is 14.3 Å². The van der Waals surface area contributed by atoms with Crippen molar-refractivity contribution in [2.24, 2.45) is 0 Å². The lowest BCUT2D eigenvalue weighted by Crippen LogP contribution is -2.41. The van der Waals surface area contributed by atoms with Crippen molar-refractivity contribution in [2.45, 2.75) is 51.2 Å². The molecule has 0 radical (unpaired) electrons. The minimum absolute atomic E-state index is 0.127. The highest BCUT2D eigenvalue weighted by molar-refractivity contribution is 6.30. The fraction of sp³-hybridized carbons (Fsp3) is 0.308. The quantitative estimate of drug-likeness (QED) is 0.610. The number of para-hydroxylation sites is 1.